The van der Waals surface area contributed by atoms with Crippen molar-refractivity contribution in [2.75, 3.05) is 19.0 Å². The summed E-state index contributed by atoms with van der Waals surface area (Å²) in [5.41, 5.74) is 7.34. The van der Waals surface area contributed by atoms with E-state index in [0.29, 0.717) is 19.0 Å². The average Bonchev–Trinajstić information content (AvgIpc) is 3.49. The van der Waals surface area contributed by atoms with Gasteiger partial charge < -0.3 is 15.4 Å². The van der Waals surface area contributed by atoms with Gasteiger partial charge in [-0.3, -0.25) is 0 Å². The van der Waals surface area contributed by atoms with Crippen LogP contribution in [0.4, 0.5) is 10.5 Å². The summed E-state index contributed by atoms with van der Waals surface area (Å²) in [6, 6.07) is -0.594. The molecule has 3 aliphatic rings. The van der Waals surface area contributed by atoms with Crippen LogP contribution in [-0.2, 0) is 42.1 Å². The highest BCUT2D eigenvalue weighted by molar-refractivity contribution is 7.91. The molecular weight excluding hydrogens is 416 g/mol. The number of nitrogens with one attached hydrogen (secondary N) is 2. The number of anilines is 1. The fraction of sp³-hybridized carbons (Fsp3) is 0.524. The van der Waals surface area contributed by atoms with Crippen LogP contribution >= 0.6 is 0 Å². The monoisotopic (exact) mass is 444 g/mol. The van der Waals surface area contributed by atoms with E-state index in [1.54, 1.807) is 4.68 Å². The normalized spacial score (nSPS) is 20.9. The Bertz CT molecular complexity index is 1160. The molecule has 0 saturated carbocycles. The number of likely N-dealkylation sites (N-methyl/N-ethyl adjacent to an activating group) is 1. The predicted octanol–water partition coefficient (Wildman–Crippen LogP) is 2.08. The molecule has 2 atom stereocenters. The Morgan fingerprint density at radius 1 is 1.23 bits per heavy atom. The molecule has 5 rings (SSSR count). The van der Waals surface area contributed by atoms with Crippen LogP contribution in [0.5, 0.6) is 5.88 Å². The van der Waals surface area contributed by atoms with Gasteiger partial charge in [0, 0.05) is 5.69 Å². The van der Waals surface area contributed by atoms with Gasteiger partial charge in [-0.1, -0.05) is 0 Å². The molecule has 0 bridgehead atoms. The maximum absolute atomic E-state index is 13.2. The number of fused-ring (bicyclic) bond motifs is 3. The molecule has 2 heterocycles. The number of urea groups is 1. The van der Waals surface area contributed by atoms with Crippen molar-refractivity contribution in [3.63, 3.8) is 0 Å². The van der Waals surface area contributed by atoms with E-state index in [2.05, 4.69) is 27.0 Å². The van der Waals surface area contributed by atoms with Crippen molar-refractivity contribution in [3.05, 3.63) is 34.0 Å². The maximum Gasteiger partial charge on any atom is 0.354 e. The van der Waals surface area contributed by atoms with E-state index in [-0.39, 0.29) is 10.9 Å². The van der Waals surface area contributed by atoms with E-state index < -0.39 is 15.9 Å². The molecule has 31 heavy (non-hydrogen) atoms. The third-order valence-corrected chi connectivity index (χ3v) is 8.04. The largest absolute Gasteiger partial charge is 0.475 e. The number of benzene rings is 1. The number of hydrogen-bond donors (Lipinski definition) is 3. The van der Waals surface area contributed by atoms with Gasteiger partial charge in [0.1, 0.15) is 11.5 Å². The van der Waals surface area contributed by atoms with E-state index in [1.807, 2.05) is 7.05 Å². The molecule has 10 heteroatoms. The van der Waals surface area contributed by atoms with Gasteiger partial charge in [0.05, 0.1) is 18.8 Å². The Labute approximate surface area is 182 Å². The first-order valence-electron chi connectivity index (χ1n) is 10.8. The van der Waals surface area contributed by atoms with Crippen molar-refractivity contribution < 1.29 is 13.7 Å². The quantitative estimate of drug-likeness (QED) is 0.669. The van der Waals surface area contributed by atoms with Crippen molar-refractivity contribution in [2.45, 2.75) is 62.9 Å². The SMILES string of the molecule is CN[C@@H]1COc2c(S(N)(=O)=NC(=O)Nc3c4c(c(C)c5c3CCC5)CCC4)cnn2C1. The van der Waals surface area contributed by atoms with E-state index >= 15 is 0 Å². The van der Waals surface area contributed by atoms with Crippen molar-refractivity contribution in [2.24, 2.45) is 9.50 Å². The van der Waals surface area contributed by atoms with E-state index in [0.717, 1.165) is 44.2 Å². The molecule has 0 fully saturated rings. The third kappa shape index (κ3) is 3.42. The molecule has 166 valence electrons. The first-order chi connectivity index (χ1) is 14.9. The Balaban J connectivity index is 1.47. The third-order valence-electron chi connectivity index (χ3n) is 6.69. The molecule has 9 nitrogen and oxygen atoms in total. The molecule has 2 aliphatic carbocycles. The second kappa shape index (κ2) is 7.61. The molecule has 2 amide bonds. The number of carbonyl (C=O) groups is 1. The van der Waals surface area contributed by atoms with Crippen LogP contribution < -0.4 is 20.5 Å². The highest BCUT2D eigenvalue weighted by Crippen LogP contribution is 2.41. The van der Waals surface area contributed by atoms with Crippen molar-refractivity contribution in [1.82, 2.24) is 15.1 Å². The average molecular weight is 445 g/mol. The molecule has 1 aromatic carbocycles. The number of rotatable bonds is 3. The number of hydrogen-bond acceptors (Lipinski definition) is 5. The molecule has 0 radical (unpaired) electrons. The van der Waals surface area contributed by atoms with Crippen LogP contribution in [0.15, 0.2) is 15.5 Å². The van der Waals surface area contributed by atoms with Gasteiger partial charge >= 0.3 is 6.03 Å². The zero-order valence-electron chi connectivity index (χ0n) is 17.9. The fourth-order valence-electron chi connectivity index (χ4n) is 5.13. The summed E-state index contributed by atoms with van der Waals surface area (Å²) in [7, 11) is -1.66. The molecule has 0 spiro atoms. The number of amides is 2. The number of nitrogens with two attached hydrogens (primary N) is 1. The van der Waals surface area contributed by atoms with E-state index in [9.17, 15) is 9.00 Å². The van der Waals surface area contributed by atoms with Gasteiger partial charge in [-0.2, -0.15) is 5.10 Å². The summed E-state index contributed by atoms with van der Waals surface area (Å²) in [6.07, 6.45) is 7.50. The summed E-state index contributed by atoms with van der Waals surface area (Å²) >= 11 is 0. The molecule has 4 N–H and O–H groups in total. The molecule has 2 aromatic rings. The first-order valence-corrected chi connectivity index (χ1v) is 12.3. The second-order valence-corrected chi connectivity index (χ2v) is 10.3. The Morgan fingerprint density at radius 3 is 2.52 bits per heavy atom. The minimum Gasteiger partial charge on any atom is -0.475 e. The fourth-order valence-corrected chi connectivity index (χ4v) is 6.14. The van der Waals surface area contributed by atoms with Crippen molar-refractivity contribution >= 4 is 21.6 Å². The van der Waals surface area contributed by atoms with E-state index in [4.69, 9.17) is 9.88 Å². The van der Waals surface area contributed by atoms with Crippen LogP contribution in [0.2, 0.25) is 0 Å². The summed E-state index contributed by atoms with van der Waals surface area (Å²) in [6.45, 7) is 3.16. The van der Waals surface area contributed by atoms with Crippen LogP contribution in [0.25, 0.3) is 0 Å². The van der Waals surface area contributed by atoms with Gasteiger partial charge in [0.2, 0.25) is 5.88 Å². The number of ether oxygens (including phenoxy) is 1. The Morgan fingerprint density at radius 2 is 1.87 bits per heavy atom. The number of aromatic nitrogens is 2. The van der Waals surface area contributed by atoms with Crippen LogP contribution in [-0.4, -0.2) is 39.7 Å². The lowest BCUT2D eigenvalue weighted by Gasteiger charge is -2.24. The predicted molar refractivity (Wildman–Crippen MR) is 118 cm³/mol. The van der Waals surface area contributed by atoms with Crippen LogP contribution in [0, 0.1) is 6.92 Å². The minimum atomic E-state index is -3.50. The van der Waals surface area contributed by atoms with Crippen molar-refractivity contribution in [1.29, 1.82) is 0 Å². The summed E-state index contributed by atoms with van der Waals surface area (Å²) in [5.74, 6) is 0.313. The van der Waals surface area contributed by atoms with Gasteiger partial charge in [0.25, 0.3) is 0 Å². The van der Waals surface area contributed by atoms with E-state index in [1.165, 1.54) is 34.0 Å². The molecular formula is C21H28N6O3S. The summed E-state index contributed by atoms with van der Waals surface area (Å²) in [5, 5.41) is 16.3. The van der Waals surface area contributed by atoms with Gasteiger partial charge in [-0.15, -0.1) is 4.36 Å². The molecule has 0 saturated heterocycles. The minimum absolute atomic E-state index is 0.0973. The number of nitrogens with zero attached hydrogens (tertiary/aromatic N) is 3. The van der Waals surface area contributed by atoms with Gasteiger partial charge in [0.15, 0.2) is 9.92 Å². The zero-order chi connectivity index (χ0) is 21.8. The summed E-state index contributed by atoms with van der Waals surface area (Å²) < 4.78 is 24.4. The number of carbonyl (C=O) groups excluding carboxylic acids is 1. The van der Waals surface area contributed by atoms with Crippen LogP contribution in [0.3, 0.4) is 0 Å². The molecule has 1 unspecified atom stereocenters. The lowest BCUT2D eigenvalue weighted by Crippen LogP contribution is -2.40. The van der Waals surface area contributed by atoms with Crippen LogP contribution in [0.1, 0.15) is 40.7 Å². The smallest absolute Gasteiger partial charge is 0.354 e. The summed E-state index contributed by atoms with van der Waals surface area (Å²) in [4.78, 5) is 13.0. The zero-order valence-corrected chi connectivity index (χ0v) is 18.7. The van der Waals surface area contributed by atoms with Gasteiger partial charge in [-0.05, 0) is 80.3 Å². The second-order valence-electron chi connectivity index (χ2n) is 8.50. The maximum atomic E-state index is 13.2. The highest BCUT2D eigenvalue weighted by Gasteiger charge is 2.29. The Kier molecular flexibility index (Phi) is 5.03. The molecule has 1 aliphatic heterocycles. The first kappa shape index (κ1) is 20.5. The standard InChI is InChI=1S/C21H28N6O3S/c1-12-14-5-3-7-16(14)19(17-8-4-6-15(12)17)25-21(28)26-31(22,29)18-9-24-27-10-13(23-2)11-30-20(18)27/h9,13,23H,3-8,10-11H2,1-2H3,(H3,22,25,26,28,29)/t13-,31?/m0/s1. The molecule has 1 aromatic heterocycles. The lowest BCUT2D eigenvalue weighted by atomic mass is 9.93. The topological polar surface area (TPSA) is 124 Å². The van der Waals surface area contributed by atoms with Crippen molar-refractivity contribution in [3.8, 4) is 5.88 Å². The Hall–Kier alpha value is -2.43. The highest BCUT2D eigenvalue weighted by atomic mass is 32.2. The van der Waals surface area contributed by atoms with Gasteiger partial charge in [-0.25, -0.2) is 18.8 Å². The lowest BCUT2D eigenvalue weighted by molar-refractivity contribution is 0.184.